The fraction of sp³-hybridized carbons (Fsp3) is 0.500. The van der Waals surface area contributed by atoms with Gasteiger partial charge in [-0.1, -0.05) is 18.9 Å². The first-order valence-corrected chi connectivity index (χ1v) is 6.68. The predicted molar refractivity (Wildman–Crippen MR) is 74.7 cm³/mol. The van der Waals surface area contributed by atoms with Gasteiger partial charge in [0.15, 0.2) is 0 Å². The van der Waals surface area contributed by atoms with Crippen LogP contribution < -0.4 is 10.9 Å². The van der Waals surface area contributed by atoms with Gasteiger partial charge < -0.3 is 15.0 Å². The zero-order valence-corrected chi connectivity index (χ0v) is 11.6. The molecule has 1 rings (SSSR count). The van der Waals surface area contributed by atoms with Crippen LogP contribution in [0.5, 0.6) is 0 Å². The molecule has 0 aromatic carbocycles. The Morgan fingerprint density at radius 2 is 1.90 bits per heavy atom. The number of nitrogens with zero attached hydrogens (tertiary/aromatic N) is 1. The molecular formula is C14H20N2O4. The molecule has 0 atom stereocenters. The molecule has 1 aromatic heterocycles. The van der Waals surface area contributed by atoms with E-state index >= 15 is 0 Å². The first-order chi connectivity index (χ1) is 9.52. The zero-order chi connectivity index (χ0) is 15.0. The quantitative estimate of drug-likeness (QED) is 0.699. The fourth-order valence-electron chi connectivity index (χ4n) is 1.84. The minimum atomic E-state index is -0.775. The maximum Gasteiger partial charge on any atom is 0.303 e. The van der Waals surface area contributed by atoms with Crippen LogP contribution in [-0.4, -0.2) is 28.1 Å². The third kappa shape index (κ3) is 5.26. The molecule has 0 bridgehead atoms. The summed E-state index contributed by atoms with van der Waals surface area (Å²) >= 11 is 0. The second kappa shape index (κ2) is 8.14. The number of pyridine rings is 1. The van der Waals surface area contributed by atoms with Crippen molar-refractivity contribution in [1.29, 1.82) is 0 Å². The average molecular weight is 280 g/mol. The molecule has 0 aliphatic carbocycles. The maximum absolute atomic E-state index is 11.8. The molecular weight excluding hydrogens is 260 g/mol. The summed E-state index contributed by atoms with van der Waals surface area (Å²) < 4.78 is 1.31. The normalized spacial score (nSPS) is 10.2. The number of carbonyl (C=O) groups is 2. The number of aromatic nitrogens is 1. The fourth-order valence-corrected chi connectivity index (χ4v) is 1.84. The third-order valence-corrected chi connectivity index (χ3v) is 3.02. The minimum absolute atomic E-state index is 0.193. The average Bonchev–Trinajstić information content (AvgIpc) is 2.40. The van der Waals surface area contributed by atoms with Crippen LogP contribution in [0.25, 0.3) is 0 Å². The first-order valence-electron chi connectivity index (χ1n) is 6.68. The Bertz CT molecular complexity index is 522. The number of aliphatic carboxylic acids is 1. The van der Waals surface area contributed by atoms with Gasteiger partial charge in [0.05, 0.1) is 0 Å². The second-order valence-electron chi connectivity index (χ2n) is 4.62. The van der Waals surface area contributed by atoms with Gasteiger partial charge >= 0.3 is 5.97 Å². The Balaban J connectivity index is 2.25. The van der Waals surface area contributed by atoms with E-state index in [0.717, 1.165) is 19.3 Å². The minimum Gasteiger partial charge on any atom is -0.481 e. The standard InChI is InChI=1S/C14H20N2O4/c1-16-11(7-6-8-12(16)17)14(20)15-10-5-3-2-4-9-13(18)19/h6-8H,2-5,9-10H2,1H3,(H,15,20)(H,18,19). The van der Waals surface area contributed by atoms with Crippen molar-refractivity contribution < 1.29 is 14.7 Å². The Labute approximate surface area is 117 Å². The molecule has 1 heterocycles. The van der Waals surface area contributed by atoms with Gasteiger partial charge in [0, 0.05) is 26.1 Å². The largest absolute Gasteiger partial charge is 0.481 e. The molecule has 1 aromatic rings. The number of carbonyl (C=O) groups excluding carboxylic acids is 1. The highest BCUT2D eigenvalue weighted by Crippen LogP contribution is 2.02. The van der Waals surface area contributed by atoms with E-state index in [1.165, 1.54) is 10.6 Å². The molecule has 0 radical (unpaired) electrons. The van der Waals surface area contributed by atoms with Crippen LogP contribution in [0, 0.1) is 0 Å². The van der Waals surface area contributed by atoms with Gasteiger partial charge in [0.2, 0.25) is 0 Å². The van der Waals surface area contributed by atoms with E-state index in [9.17, 15) is 14.4 Å². The van der Waals surface area contributed by atoms with Crippen molar-refractivity contribution in [3.05, 3.63) is 34.2 Å². The van der Waals surface area contributed by atoms with Crippen molar-refractivity contribution in [2.45, 2.75) is 32.1 Å². The van der Waals surface area contributed by atoms with E-state index < -0.39 is 5.97 Å². The van der Waals surface area contributed by atoms with Crippen LogP contribution in [0.1, 0.15) is 42.6 Å². The summed E-state index contributed by atoms with van der Waals surface area (Å²) in [6.45, 7) is 0.523. The molecule has 1 amide bonds. The van der Waals surface area contributed by atoms with Crippen LogP contribution in [0.3, 0.4) is 0 Å². The molecule has 0 fully saturated rings. The lowest BCUT2D eigenvalue weighted by atomic mass is 10.1. The molecule has 110 valence electrons. The van der Waals surface area contributed by atoms with Crippen molar-refractivity contribution in [1.82, 2.24) is 9.88 Å². The topological polar surface area (TPSA) is 88.4 Å². The summed E-state index contributed by atoms with van der Waals surface area (Å²) in [5, 5.41) is 11.2. The van der Waals surface area contributed by atoms with Crippen LogP contribution in [-0.2, 0) is 11.8 Å². The number of hydrogen-bond acceptors (Lipinski definition) is 3. The molecule has 0 aliphatic heterocycles. The van der Waals surface area contributed by atoms with Crippen molar-refractivity contribution in [2.75, 3.05) is 6.54 Å². The van der Waals surface area contributed by atoms with Gasteiger partial charge in [-0.05, 0) is 18.9 Å². The Hall–Kier alpha value is -2.11. The van der Waals surface area contributed by atoms with Crippen molar-refractivity contribution >= 4 is 11.9 Å². The highest BCUT2D eigenvalue weighted by molar-refractivity contribution is 5.92. The second-order valence-corrected chi connectivity index (χ2v) is 4.62. The van der Waals surface area contributed by atoms with Gasteiger partial charge in [-0.15, -0.1) is 0 Å². The van der Waals surface area contributed by atoms with E-state index in [1.54, 1.807) is 19.2 Å². The molecule has 0 spiro atoms. The number of carboxylic acid groups (broad SMARTS) is 1. The number of unbranched alkanes of at least 4 members (excludes halogenated alkanes) is 3. The van der Waals surface area contributed by atoms with E-state index in [0.29, 0.717) is 18.7 Å². The van der Waals surface area contributed by atoms with Crippen molar-refractivity contribution in [3.8, 4) is 0 Å². The Morgan fingerprint density at radius 3 is 2.60 bits per heavy atom. The van der Waals surface area contributed by atoms with Gasteiger partial charge in [-0.2, -0.15) is 0 Å². The van der Waals surface area contributed by atoms with E-state index in [4.69, 9.17) is 5.11 Å². The molecule has 0 aliphatic rings. The van der Waals surface area contributed by atoms with E-state index in [2.05, 4.69) is 5.32 Å². The lowest BCUT2D eigenvalue weighted by Gasteiger charge is -2.08. The number of amides is 1. The van der Waals surface area contributed by atoms with E-state index in [-0.39, 0.29) is 17.9 Å². The first kappa shape index (κ1) is 15.9. The van der Waals surface area contributed by atoms with Crippen LogP contribution >= 0.6 is 0 Å². The zero-order valence-electron chi connectivity index (χ0n) is 11.6. The smallest absolute Gasteiger partial charge is 0.303 e. The molecule has 0 unspecified atom stereocenters. The van der Waals surface area contributed by atoms with E-state index in [1.807, 2.05) is 0 Å². The SMILES string of the molecule is Cn1c(C(=O)NCCCCCCC(=O)O)cccc1=O. The lowest BCUT2D eigenvalue weighted by molar-refractivity contribution is -0.137. The Morgan fingerprint density at radius 1 is 1.20 bits per heavy atom. The maximum atomic E-state index is 11.8. The number of rotatable bonds is 8. The number of carboxylic acids is 1. The molecule has 0 saturated heterocycles. The van der Waals surface area contributed by atoms with Gasteiger partial charge in [0.1, 0.15) is 5.69 Å². The van der Waals surface area contributed by atoms with Gasteiger partial charge in [0.25, 0.3) is 11.5 Å². The monoisotopic (exact) mass is 280 g/mol. The summed E-state index contributed by atoms with van der Waals surface area (Å²) in [4.78, 5) is 33.5. The predicted octanol–water partition coefficient (Wildman–Crippen LogP) is 1.15. The number of hydrogen-bond donors (Lipinski definition) is 2. The number of nitrogens with one attached hydrogen (secondary N) is 1. The summed E-state index contributed by atoms with van der Waals surface area (Å²) in [5.41, 5.74) is 0.120. The van der Waals surface area contributed by atoms with Gasteiger partial charge in [-0.25, -0.2) is 0 Å². The third-order valence-electron chi connectivity index (χ3n) is 3.02. The summed E-state index contributed by atoms with van der Waals surface area (Å²) in [6.07, 6.45) is 3.37. The summed E-state index contributed by atoms with van der Waals surface area (Å²) in [7, 11) is 1.56. The van der Waals surface area contributed by atoms with Crippen molar-refractivity contribution in [2.24, 2.45) is 7.05 Å². The summed E-state index contributed by atoms with van der Waals surface area (Å²) in [5.74, 6) is -1.04. The molecule has 6 heteroatoms. The van der Waals surface area contributed by atoms with Crippen molar-refractivity contribution in [3.63, 3.8) is 0 Å². The molecule has 0 saturated carbocycles. The van der Waals surface area contributed by atoms with Crippen LogP contribution in [0.15, 0.2) is 23.0 Å². The molecule has 6 nitrogen and oxygen atoms in total. The highest BCUT2D eigenvalue weighted by Gasteiger charge is 2.08. The van der Waals surface area contributed by atoms with Crippen LogP contribution in [0.2, 0.25) is 0 Å². The Kier molecular flexibility index (Phi) is 6.49. The van der Waals surface area contributed by atoms with Crippen LogP contribution in [0.4, 0.5) is 0 Å². The lowest BCUT2D eigenvalue weighted by Crippen LogP contribution is -2.30. The highest BCUT2D eigenvalue weighted by atomic mass is 16.4. The summed E-state index contributed by atoms with van der Waals surface area (Å²) in [6, 6.07) is 4.56. The van der Waals surface area contributed by atoms with Gasteiger partial charge in [-0.3, -0.25) is 14.4 Å². The molecule has 20 heavy (non-hydrogen) atoms. The molecule has 2 N–H and O–H groups in total.